The zero-order chi connectivity index (χ0) is 13.9. The van der Waals surface area contributed by atoms with Gasteiger partial charge in [0.05, 0.1) is 0 Å². The number of hydrogen-bond donors (Lipinski definition) is 0. The summed E-state index contributed by atoms with van der Waals surface area (Å²) >= 11 is 0. The van der Waals surface area contributed by atoms with Gasteiger partial charge in [0.25, 0.3) is 0 Å². The molecule has 0 N–H and O–H groups in total. The van der Waals surface area contributed by atoms with Crippen LogP contribution in [0, 0.1) is 13.8 Å². The normalized spacial score (nSPS) is 11.9. The fourth-order valence-electron chi connectivity index (χ4n) is 2.03. The Morgan fingerprint density at radius 2 is 1.94 bits per heavy atom. The van der Waals surface area contributed by atoms with E-state index in [1.807, 2.05) is 24.6 Å². The van der Waals surface area contributed by atoms with E-state index < -0.39 is 8.07 Å². The van der Waals surface area contributed by atoms with Crippen LogP contribution in [0.25, 0.3) is 0 Å². The maximum absolute atomic E-state index is 11.5. The van der Waals surface area contributed by atoms with Gasteiger partial charge in [-0.2, -0.15) is 0 Å². The second kappa shape index (κ2) is 5.84. The lowest BCUT2D eigenvalue weighted by atomic mass is 10.1. The van der Waals surface area contributed by atoms with Crippen LogP contribution in [0.1, 0.15) is 28.5 Å². The highest BCUT2D eigenvalue weighted by molar-refractivity contribution is 6.76. The summed E-state index contributed by atoms with van der Waals surface area (Å²) in [5, 5.41) is 0. The van der Waals surface area contributed by atoms with Crippen LogP contribution in [0.4, 0.5) is 0 Å². The molecule has 102 valence electrons. The molecule has 0 radical (unpaired) electrons. The minimum Gasteiger partial charge on any atom is -0.361 e. The summed E-state index contributed by atoms with van der Waals surface area (Å²) in [4.78, 5) is 11.5. The van der Waals surface area contributed by atoms with Gasteiger partial charge in [0.1, 0.15) is 6.73 Å². The lowest BCUT2D eigenvalue weighted by Gasteiger charge is -2.16. The molecule has 0 aliphatic rings. The Morgan fingerprint density at radius 3 is 2.39 bits per heavy atom. The largest absolute Gasteiger partial charge is 0.361 e. The topological polar surface area (TPSA) is 31.2 Å². The van der Waals surface area contributed by atoms with Crippen LogP contribution in [-0.2, 0) is 11.5 Å². The van der Waals surface area contributed by atoms with Gasteiger partial charge in [-0.1, -0.05) is 19.6 Å². The van der Waals surface area contributed by atoms with E-state index in [0.717, 1.165) is 23.4 Å². The molecule has 0 amide bonds. The molecule has 0 aliphatic heterocycles. The van der Waals surface area contributed by atoms with E-state index in [4.69, 9.17) is 4.74 Å². The molecule has 1 heterocycles. The summed E-state index contributed by atoms with van der Waals surface area (Å²) in [6.45, 7) is 14.0. The molecule has 0 bridgehead atoms. The first-order valence-corrected chi connectivity index (χ1v) is 10.2. The van der Waals surface area contributed by atoms with Gasteiger partial charge in [0.2, 0.25) is 0 Å². The van der Waals surface area contributed by atoms with Crippen molar-refractivity contribution in [2.24, 2.45) is 0 Å². The van der Waals surface area contributed by atoms with E-state index >= 15 is 0 Å². The van der Waals surface area contributed by atoms with Gasteiger partial charge in [0.15, 0.2) is 5.78 Å². The number of aryl methyl sites for hydroxylation is 1. The molecule has 1 aromatic rings. The highest BCUT2D eigenvalue weighted by atomic mass is 28.3. The molecule has 0 saturated carbocycles. The van der Waals surface area contributed by atoms with Crippen molar-refractivity contribution in [2.75, 3.05) is 6.61 Å². The fourth-order valence-corrected chi connectivity index (χ4v) is 2.79. The Hall–Kier alpha value is -0.873. The van der Waals surface area contributed by atoms with Crippen molar-refractivity contribution >= 4 is 13.9 Å². The number of ether oxygens (including phenoxy) is 1. The average molecular weight is 267 g/mol. The van der Waals surface area contributed by atoms with Crippen LogP contribution >= 0.6 is 0 Å². The Bertz CT molecular complexity index is 430. The van der Waals surface area contributed by atoms with E-state index in [1.54, 1.807) is 6.92 Å². The molecule has 0 fully saturated rings. The number of ketones is 1. The van der Waals surface area contributed by atoms with Gasteiger partial charge < -0.3 is 9.30 Å². The van der Waals surface area contributed by atoms with Crippen LogP contribution in [0.3, 0.4) is 0 Å². The van der Waals surface area contributed by atoms with Gasteiger partial charge in [0, 0.05) is 32.1 Å². The molecular weight excluding hydrogens is 242 g/mol. The number of Topliss-reactive ketones (excluding diaryl/α,β-unsaturated/α-hetero) is 1. The quantitative estimate of drug-likeness (QED) is 0.448. The summed E-state index contributed by atoms with van der Waals surface area (Å²) in [7, 11) is -1.02. The van der Waals surface area contributed by atoms with Crippen molar-refractivity contribution in [3.63, 3.8) is 0 Å². The van der Waals surface area contributed by atoms with Gasteiger partial charge in [-0.05, 0) is 32.4 Å². The van der Waals surface area contributed by atoms with Crippen LogP contribution in [0.5, 0.6) is 0 Å². The molecule has 0 aromatic carbocycles. The molecule has 0 atom stereocenters. The monoisotopic (exact) mass is 267 g/mol. The average Bonchev–Trinajstić information content (AvgIpc) is 2.47. The summed E-state index contributed by atoms with van der Waals surface area (Å²) in [6, 6.07) is 1.17. The molecule has 0 unspecified atom stereocenters. The molecule has 3 nitrogen and oxygen atoms in total. The third-order valence-corrected chi connectivity index (χ3v) is 4.82. The second-order valence-corrected chi connectivity index (χ2v) is 11.8. The number of hydrogen-bond acceptors (Lipinski definition) is 2. The lowest BCUT2D eigenvalue weighted by Crippen LogP contribution is -2.22. The van der Waals surface area contributed by atoms with Crippen molar-refractivity contribution in [1.29, 1.82) is 0 Å². The van der Waals surface area contributed by atoms with Gasteiger partial charge in [-0.15, -0.1) is 0 Å². The highest BCUT2D eigenvalue weighted by Crippen LogP contribution is 2.17. The van der Waals surface area contributed by atoms with Crippen molar-refractivity contribution in [1.82, 2.24) is 4.57 Å². The molecule has 0 saturated heterocycles. The summed E-state index contributed by atoms with van der Waals surface area (Å²) < 4.78 is 7.74. The molecule has 0 aliphatic carbocycles. The Balaban J connectivity index is 2.59. The minimum absolute atomic E-state index is 0.130. The van der Waals surface area contributed by atoms with Crippen molar-refractivity contribution < 1.29 is 9.53 Å². The predicted molar refractivity (Wildman–Crippen MR) is 78.0 cm³/mol. The van der Waals surface area contributed by atoms with Crippen molar-refractivity contribution in [2.45, 2.75) is 53.2 Å². The Morgan fingerprint density at radius 1 is 1.33 bits per heavy atom. The number of aromatic nitrogens is 1. The maximum atomic E-state index is 11.5. The smallest absolute Gasteiger partial charge is 0.161 e. The predicted octanol–water partition coefficient (Wildman–Crippen LogP) is 3.62. The highest BCUT2D eigenvalue weighted by Gasteiger charge is 2.14. The SMILES string of the molecule is CC(=O)c1c(C)cn(COCC[Si](C)(C)C)c1C. The van der Waals surface area contributed by atoms with Crippen molar-refractivity contribution in [3.05, 3.63) is 23.0 Å². The van der Waals surface area contributed by atoms with Crippen LogP contribution in [0.15, 0.2) is 6.20 Å². The number of carbonyl (C=O) groups is 1. The minimum atomic E-state index is -1.02. The standard InChI is InChI=1S/C14H25NO2Si/c1-11-9-15(12(2)14(11)13(3)16)10-17-7-8-18(4,5)6/h9H,7-8,10H2,1-6H3. The third kappa shape index (κ3) is 4.10. The Kier molecular flexibility index (Phi) is 4.93. The summed E-state index contributed by atoms with van der Waals surface area (Å²) in [6.07, 6.45) is 2.00. The molecular formula is C14H25NO2Si. The van der Waals surface area contributed by atoms with E-state index in [1.165, 1.54) is 6.04 Å². The second-order valence-electron chi connectivity index (χ2n) is 6.15. The fraction of sp³-hybridized carbons (Fsp3) is 0.643. The first-order chi connectivity index (χ1) is 8.22. The number of nitrogens with zero attached hydrogens (tertiary/aromatic N) is 1. The number of carbonyl (C=O) groups excluding carboxylic acids is 1. The molecule has 1 aromatic heterocycles. The molecule has 4 heteroatoms. The molecule has 18 heavy (non-hydrogen) atoms. The molecule has 1 rings (SSSR count). The van der Waals surface area contributed by atoms with E-state index in [-0.39, 0.29) is 5.78 Å². The van der Waals surface area contributed by atoms with Crippen molar-refractivity contribution in [3.8, 4) is 0 Å². The third-order valence-electron chi connectivity index (χ3n) is 3.12. The van der Waals surface area contributed by atoms with E-state index in [2.05, 4.69) is 19.6 Å². The van der Waals surface area contributed by atoms with Crippen LogP contribution < -0.4 is 0 Å². The van der Waals surface area contributed by atoms with Crippen LogP contribution in [-0.4, -0.2) is 25.0 Å². The van der Waals surface area contributed by atoms with Crippen LogP contribution in [0.2, 0.25) is 25.7 Å². The lowest BCUT2D eigenvalue weighted by molar-refractivity contribution is 0.0859. The van der Waals surface area contributed by atoms with E-state index in [0.29, 0.717) is 6.73 Å². The van der Waals surface area contributed by atoms with Gasteiger partial charge in [-0.3, -0.25) is 4.79 Å². The Labute approximate surface area is 111 Å². The van der Waals surface area contributed by atoms with Gasteiger partial charge in [-0.25, -0.2) is 0 Å². The maximum Gasteiger partial charge on any atom is 0.161 e. The first kappa shape index (κ1) is 15.2. The van der Waals surface area contributed by atoms with E-state index in [9.17, 15) is 4.79 Å². The zero-order valence-electron chi connectivity index (χ0n) is 12.5. The summed E-state index contributed by atoms with van der Waals surface area (Å²) in [5.74, 6) is 0.130. The number of rotatable bonds is 6. The first-order valence-electron chi connectivity index (χ1n) is 6.47. The van der Waals surface area contributed by atoms with Gasteiger partial charge >= 0.3 is 0 Å². The molecule has 0 spiro atoms. The summed E-state index contributed by atoms with van der Waals surface area (Å²) in [5.41, 5.74) is 2.88. The zero-order valence-corrected chi connectivity index (χ0v) is 13.5.